The van der Waals surface area contributed by atoms with E-state index in [-0.39, 0.29) is 12.5 Å². The Labute approximate surface area is 128 Å². The Balaban J connectivity index is 1.83. The number of benzene rings is 2. The third-order valence-corrected chi connectivity index (χ3v) is 2.89. The van der Waals surface area contributed by atoms with Gasteiger partial charge in [0.05, 0.1) is 12.2 Å². The number of amides is 1. The predicted molar refractivity (Wildman–Crippen MR) is 82.5 cm³/mol. The summed E-state index contributed by atoms with van der Waals surface area (Å²) in [5.41, 5.74) is 2.01. The Kier molecular flexibility index (Phi) is 5.68. The average Bonchev–Trinajstić information content (AvgIpc) is 2.54. The number of ether oxygens (including phenoxy) is 2. The van der Waals surface area contributed by atoms with Gasteiger partial charge in [-0.05, 0) is 29.8 Å². The highest BCUT2D eigenvalue weighted by molar-refractivity contribution is 5.95. The molecule has 0 unspecified atom stereocenters. The summed E-state index contributed by atoms with van der Waals surface area (Å²) in [7, 11) is 1.60. The highest BCUT2D eigenvalue weighted by Crippen LogP contribution is 2.08. The number of para-hydroxylation sites is 1. The molecule has 0 aromatic heterocycles. The van der Waals surface area contributed by atoms with Crippen LogP contribution in [0.15, 0.2) is 54.6 Å². The first kappa shape index (κ1) is 15.7. The molecular weight excluding hydrogens is 282 g/mol. The normalized spacial score (nSPS) is 10.0. The van der Waals surface area contributed by atoms with E-state index in [4.69, 9.17) is 9.47 Å². The fourth-order valence-corrected chi connectivity index (χ4v) is 1.84. The van der Waals surface area contributed by atoms with Crippen molar-refractivity contribution in [2.75, 3.05) is 19.0 Å². The first-order valence-corrected chi connectivity index (χ1v) is 6.79. The maximum Gasteiger partial charge on any atom is 0.338 e. The van der Waals surface area contributed by atoms with Crippen LogP contribution in [0.4, 0.5) is 5.69 Å². The summed E-state index contributed by atoms with van der Waals surface area (Å²) < 4.78 is 9.97. The molecule has 2 rings (SSSR count). The minimum absolute atomic E-state index is 0.326. The van der Waals surface area contributed by atoms with Crippen LogP contribution < -0.4 is 5.32 Å². The van der Waals surface area contributed by atoms with Crippen molar-refractivity contribution in [2.45, 2.75) is 6.61 Å². The van der Waals surface area contributed by atoms with E-state index in [1.807, 2.05) is 18.2 Å². The Morgan fingerprint density at radius 1 is 1.00 bits per heavy atom. The van der Waals surface area contributed by atoms with Gasteiger partial charge in [0, 0.05) is 12.8 Å². The topological polar surface area (TPSA) is 64.6 Å². The second-order valence-electron chi connectivity index (χ2n) is 4.62. The Hall–Kier alpha value is -2.66. The van der Waals surface area contributed by atoms with Gasteiger partial charge in [0.15, 0.2) is 6.61 Å². The first-order valence-electron chi connectivity index (χ1n) is 6.79. The Bertz CT molecular complexity index is 623. The summed E-state index contributed by atoms with van der Waals surface area (Å²) in [6.45, 7) is 0.155. The van der Waals surface area contributed by atoms with Gasteiger partial charge < -0.3 is 14.8 Å². The molecule has 5 nitrogen and oxygen atoms in total. The first-order chi connectivity index (χ1) is 10.7. The monoisotopic (exact) mass is 299 g/mol. The summed E-state index contributed by atoms with van der Waals surface area (Å²) in [4.78, 5) is 23.5. The fourth-order valence-electron chi connectivity index (χ4n) is 1.84. The molecule has 0 atom stereocenters. The SMILES string of the molecule is COCc1ccc(C(=O)OCC(=O)Nc2ccccc2)cc1. The smallest absolute Gasteiger partial charge is 0.338 e. The minimum Gasteiger partial charge on any atom is -0.452 e. The van der Waals surface area contributed by atoms with Crippen molar-refractivity contribution >= 4 is 17.6 Å². The van der Waals surface area contributed by atoms with Gasteiger partial charge in [-0.3, -0.25) is 4.79 Å². The highest BCUT2D eigenvalue weighted by Gasteiger charge is 2.10. The summed E-state index contributed by atoms with van der Waals surface area (Å²) in [5, 5.41) is 2.64. The molecule has 2 aromatic carbocycles. The van der Waals surface area contributed by atoms with Crippen LogP contribution in [0.1, 0.15) is 15.9 Å². The highest BCUT2D eigenvalue weighted by atomic mass is 16.5. The molecule has 5 heteroatoms. The van der Waals surface area contributed by atoms with E-state index in [0.29, 0.717) is 17.9 Å². The summed E-state index contributed by atoms with van der Waals surface area (Å²) in [5.74, 6) is -0.914. The molecule has 0 spiro atoms. The molecule has 0 aliphatic carbocycles. The van der Waals surface area contributed by atoms with Crippen molar-refractivity contribution in [1.29, 1.82) is 0 Å². The van der Waals surface area contributed by atoms with Crippen LogP contribution in [0.2, 0.25) is 0 Å². The lowest BCUT2D eigenvalue weighted by molar-refractivity contribution is -0.119. The van der Waals surface area contributed by atoms with Crippen LogP contribution >= 0.6 is 0 Å². The van der Waals surface area contributed by atoms with Crippen LogP contribution in [0.25, 0.3) is 0 Å². The van der Waals surface area contributed by atoms with Crippen LogP contribution in [0.3, 0.4) is 0 Å². The Morgan fingerprint density at radius 3 is 2.32 bits per heavy atom. The zero-order valence-corrected chi connectivity index (χ0v) is 12.2. The minimum atomic E-state index is -0.535. The van der Waals surface area contributed by atoms with E-state index in [2.05, 4.69) is 5.32 Å². The van der Waals surface area contributed by atoms with E-state index < -0.39 is 5.97 Å². The predicted octanol–water partition coefficient (Wildman–Crippen LogP) is 2.63. The molecule has 0 saturated carbocycles. The zero-order valence-electron chi connectivity index (χ0n) is 12.2. The van der Waals surface area contributed by atoms with Crippen LogP contribution in [0, 0.1) is 0 Å². The van der Waals surface area contributed by atoms with Crippen LogP contribution in [-0.2, 0) is 20.9 Å². The lowest BCUT2D eigenvalue weighted by Crippen LogP contribution is -2.20. The number of carbonyl (C=O) groups excluding carboxylic acids is 2. The summed E-state index contributed by atoms with van der Waals surface area (Å²) >= 11 is 0. The summed E-state index contributed by atoms with van der Waals surface area (Å²) in [6, 6.07) is 15.8. The molecule has 2 aromatic rings. The van der Waals surface area contributed by atoms with E-state index in [1.54, 1.807) is 43.5 Å². The van der Waals surface area contributed by atoms with E-state index in [9.17, 15) is 9.59 Å². The molecule has 0 heterocycles. The van der Waals surface area contributed by atoms with E-state index in [0.717, 1.165) is 5.56 Å². The van der Waals surface area contributed by atoms with Gasteiger partial charge in [-0.15, -0.1) is 0 Å². The van der Waals surface area contributed by atoms with Gasteiger partial charge >= 0.3 is 5.97 Å². The molecule has 0 fully saturated rings. The van der Waals surface area contributed by atoms with Crippen molar-refractivity contribution in [2.24, 2.45) is 0 Å². The number of anilines is 1. The maximum absolute atomic E-state index is 11.8. The number of nitrogens with one attached hydrogen (secondary N) is 1. The molecule has 1 N–H and O–H groups in total. The maximum atomic E-state index is 11.8. The standard InChI is InChI=1S/C17H17NO4/c1-21-11-13-7-9-14(10-8-13)17(20)22-12-16(19)18-15-5-3-2-4-6-15/h2-10H,11-12H2,1H3,(H,18,19). The van der Waals surface area contributed by atoms with Gasteiger partial charge in [0.1, 0.15) is 0 Å². The number of esters is 1. The molecule has 0 radical (unpaired) electrons. The van der Waals surface area contributed by atoms with Gasteiger partial charge in [0.2, 0.25) is 0 Å². The van der Waals surface area contributed by atoms with Gasteiger partial charge in [0.25, 0.3) is 5.91 Å². The van der Waals surface area contributed by atoms with E-state index in [1.165, 1.54) is 0 Å². The fraction of sp³-hybridized carbons (Fsp3) is 0.176. The van der Waals surface area contributed by atoms with Crippen LogP contribution in [-0.4, -0.2) is 25.6 Å². The van der Waals surface area contributed by atoms with Crippen molar-refractivity contribution in [3.8, 4) is 0 Å². The van der Waals surface area contributed by atoms with Gasteiger partial charge in [-0.25, -0.2) is 4.79 Å². The molecule has 0 aliphatic heterocycles. The summed E-state index contributed by atoms with van der Waals surface area (Å²) in [6.07, 6.45) is 0. The molecular formula is C17H17NO4. The molecule has 0 saturated heterocycles. The number of hydrogen-bond donors (Lipinski definition) is 1. The molecule has 0 bridgehead atoms. The molecule has 114 valence electrons. The number of carbonyl (C=O) groups is 2. The number of methoxy groups -OCH3 is 1. The second kappa shape index (κ2) is 7.95. The zero-order chi connectivity index (χ0) is 15.8. The second-order valence-corrected chi connectivity index (χ2v) is 4.62. The third kappa shape index (κ3) is 4.71. The van der Waals surface area contributed by atoms with Gasteiger partial charge in [-0.1, -0.05) is 30.3 Å². The molecule has 22 heavy (non-hydrogen) atoms. The third-order valence-electron chi connectivity index (χ3n) is 2.89. The Morgan fingerprint density at radius 2 is 1.68 bits per heavy atom. The lowest BCUT2D eigenvalue weighted by atomic mass is 10.1. The largest absolute Gasteiger partial charge is 0.452 e. The van der Waals surface area contributed by atoms with Crippen molar-refractivity contribution in [3.63, 3.8) is 0 Å². The van der Waals surface area contributed by atoms with Crippen LogP contribution in [0.5, 0.6) is 0 Å². The molecule has 1 amide bonds. The molecule has 0 aliphatic rings. The average molecular weight is 299 g/mol. The lowest BCUT2D eigenvalue weighted by Gasteiger charge is -2.07. The van der Waals surface area contributed by atoms with Crippen molar-refractivity contribution in [3.05, 3.63) is 65.7 Å². The quantitative estimate of drug-likeness (QED) is 0.833. The van der Waals surface area contributed by atoms with Crippen molar-refractivity contribution in [1.82, 2.24) is 0 Å². The van der Waals surface area contributed by atoms with E-state index >= 15 is 0 Å². The number of rotatable bonds is 6. The number of hydrogen-bond acceptors (Lipinski definition) is 4. The van der Waals surface area contributed by atoms with Gasteiger partial charge in [-0.2, -0.15) is 0 Å². The van der Waals surface area contributed by atoms with Crippen molar-refractivity contribution < 1.29 is 19.1 Å².